The molecule has 0 bridgehead atoms. The minimum absolute atomic E-state index is 0.745. The topological polar surface area (TPSA) is 87.2 Å². The summed E-state index contributed by atoms with van der Waals surface area (Å²) >= 11 is 0. The van der Waals surface area contributed by atoms with Crippen molar-refractivity contribution in [2.45, 2.75) is 37.2 Å². The first-order chi connectivity index (χ1) is 7.85. The standard InChI is InChI=1S/C6H10N8S2/c1-3-13-5(7-9-11-13)15-16-6-8-10-12-14(6)4-2/h3-4H2,1-2H3. The van der Waals surface area contributed by atoms with Gasteiger partial charge in [-0.3, -0.25) is 0 Å². The highest BCUT2D eigenvalue weighted by molar-refractivity contribution is 8.76. The molecule has 0 saturated carbocycles. The highest BCUT2D eigenvalue weighted by Crippen LogP contribution is 2.33. The molecule has 2 aromatic rings. The zero-order chi connectivity index (χ0) is 11.4. The second-order valence-corrected chi connectivity index (χ2v) is 4.78. The maximum absolute atomic E-state index is 3.91. The summed E-state index contributed by atoms with van der Waals surface area (Å²) < 4.78 is 3.44. The molecule has 0 fully saturated rings. The summed E-state index contributed by atoms with van der Waals surface area (Å²) in [5.41, 5.74) is 0. The van der Waals surface area contributed by atoms with Gasteiger partial charge in [0.1, 0.15) is 0 Å². The summed E-state index contributed by atoms with van der Waals surface area (Å²) in [7, 11) is 2.89. The second-order valence-electron chi connectivity index (χ2n) is 2.72. The van der Waals surface area contributed by atoms with Gasteiger partial charge in [0.15, 0.2) is 0 Å². The van der Waals surface area contributed by atoms with Gasteiger partial charge in [-0.1, -0.05) is 0 Å². The van der Waals surface area contributed by atoms with E-state index in [2.05, 4.69) is 31.1 Å². The Hall–Kier alpha value is -1.16. The fourth-order valence-corrected chi connectivity index (χ4v) is 2.94. The van der Waals surface area contributed by atoms with E-state index in [0.29, 0.717) is 0 Å². The predicted molar refractivity (Wildman–Crippen MR) is 58.7 cm³/mol. The molecule has 8 nitrogen and oxygen atoms in total. The van der Waals surface area contributed by atoms with Crippen molar-refractivity contribution in [3.8, 4) is 0 Å². The lowest BCUT2D eigenvalue weighted by Gasteiger charge is -2.00. The lowest BCUT2D eigenvalue weighted by atomic mass is 10.8. The smallest absolute Gasteiger partial charge is 0.220 e. The molecular weight excluding hydrogens is 248 g/mol. The molecule has 0 aromatic carbocycles. The van der Waals surface area contributed by atoms with Crippen LogP contribution in [0, 0.1) is 0 Å². The van der Waals surface area contributed by atoms with Crippen LogP contribution in [0.15, 0.2) is 10.3 Å². The van der Waals surface area contributed by atoms with E-state index in [4.69, 9.17) is 0 Å². The highest BCUT2D eigenvalue weighted by atomic mass is 33.1. The molecule has 0 radical (unpaired) electrons. The lowest BCUT2D eigenvalue weighted by molar-refractivity contribution is 0.580. The number of aryl methyl sites for hydroxylation is 2. The van der Waals surface area contributed by atoms with Crippen molar-refractivity contribution < 1.29 is 0 Å². The Morgan fingerprint density at radius 1 is 0.875 bits per heavy atom. The molecule has 0 spiro atoms. The van der Waals surface area contributed by atoms with Gasteiger partial charge in [0.05, 0.1) is 0 Å². The molecule has 0 saturated heterocycles. The molecule has 86 valence electrons. The van der Waals surface area contributed by atoms with Crippen LogP contribution >= 0.6 is 21.6 Å². The molecule has 2 rings (SSSR count). The Morgan fingerprint density at radius 2 is 1.31 bits per heavy atom. The molecule has 0 aliphatic heterocycles. The van der Waals surface area contributed by atoms with Crippen molar-refractivity contribution in [2.24, 2.45) is 0 Å². The van der Waals surface area contributed by atoms with Crippen molar-refractivity contribution in [1.82, 2.24) is 40.4 Å². The van der Waals surface area contributed by atoms with Gasteiger partial charge in [0, 0.05) is 13.1 Å². The van der Waals surface area contributed by atoms with Crippen LogP contribution in [-0.2, 0) is 13.1 Å². The molecular formula is C6H10N8S2. The predicted octanol–water partition coefficient (Wildman–Crippen LogP) is 0.499. The van der Waals surface area contributed by atoms with E-state index in [1.165, 1.54) is 21.6 Å². The van der Waals surface area contributed by atoms with E-state index in [-0.39, 0.29) is 0 Å². The number of aromatic nitrogens is 8. The van der Waals surface area contributed by atoms with E-state index < -0.39 is 0 Å². The third-order valence-corrected chi connectivity index (χ3v) is 3.90. The van der Waals surface area contributed by atoms with Gasteiger partial charge < -0.3 is 0 Å². The largest absolute Gasteiger partial charge is 0.220 e. The molecule has 10 heteroatoms. The minimum atomic E-state index is 0.745. The number of hydrogen-bond acceptors (Lipinski definition) is 8. The van der Waals surface area contributed by atoms with E-state index in [9.17, 15) is 0 Å². The molecule has 0 aliphatic carbocycles. The quantitative estimate of drug-likeness (QED) is 0.716. The summed E-state index contributed by atoms with van der Waals surface area (Å²) in [5, 5.41) is 24.2. The van der Waals surface area contributed by atoms with Crippen LogP contribution in [0.25, 0.3) is 0 Å². The van der Waals surface area contributed by atoms with E-state index >= 15 is 0 Å². The SMILES string of the molecule is CCn1nnnc1SSc1nnnn1CC. The summed E-state index contributed by atoms with van der Waals surface area (Å²) in [6.45, 7) is 5.46. The Bertz CT molecular complexity index is 409. The number of rotatable bonds is 5. The van der Waals surface area contributed by atoms with Gasteiger partial charge in [-0.2, -0.15) is 0 Å². The van der Waals surface area contributed by atoms with Crippen molar-refractivity contribution >= 4 is 21.6 Å². The van der Waals surface area contributed by atoms with Gasteiger partial charge in [0.25, 0.3) is 0 Å². The molecule has 0 N–H and O–H groups in total. The molecule has 0 unspecified atom stereocenters. The van der Waals surface area contributed by atoms with Crippen LogP contribution < -0.4 is 0 Å². The molecule has 0 aliphatic rings. The normalized spacial score (nSPS) is 10.9. The maximum atomic E-state index is 3.91. The highest BCUT2D eigenvalue weighted by Gasteiger charge is 2.10. The Balaban J connectivity index is 2.02. The summed E-state index contributed by atoms with van der Waals surface area (Å²) in [6, 6.07) is 0. The molecule has 16 heavy (non-hydrogen) atoms. The van der Waals surface area contributed by atoms with Crippen LogP contribution in [-0.4, -0.2) is 40.4 Å². The fraction of sp³-hybridized carbons (Fsp3) is 0.667. The molecule has 2 aromatic heterocycles. The zero-order valence-electron chi connectivity index (χ0n) is 8.81. The average molecular weight is 258 g/mol. The summed E-state index contributed by atoms with van der Waals surface area (Å²) in [4.78, 5) is 0. The van der Waals surface area contributed by atoms with Crippen LogP contribution in [0.5, 0.6) is 0 Å². The van der Waals surface area contributed by atoms with Crippen molar-refractivity contribution in [1.29, 1.82) is 0 Å². The fourth-order valence-electron chi connectivity index (χ4n) is 0.984. The second kappa shape index (κ2) is 5.25. The van der Waals surface area contributed by atoms with Crippen LogP contribution in [0.1, 0.15) is 13.8 Å². The Labute approximate surface area is 99.6 Å². The zero-order valence-corrected chi connectivity index (χ0v) is 10.4. The Kier molecular flexibility index (Phi) is 3.72. The average Bonchev–Trinajstić information content (AvgIpc) is 2.94. The minimum Gasteiger partial charge on any atom is -0.220 e. The number of nitrogens with zero attached hydrogens (tertiary/aromatic N) is 8. The first-order valence-corrected chi connectivity index (χ1v) is 6.87. The van der Waals surface area contributed by atoms with E-state index in [1.807, 2.05) is 13.8 Å². The van der Waals surface area contributed by atoms with Crippen LogP contribution in [0.4, 0.5) is 0 Å². The first-order valence-electron chi connectivity index (χ1n) is 4.72. The molecule has 0 amide bonds. The Morgan fingerprint density at radius 3 is 1.69 bits per heavy atom. The first kappa shape index (κ1) is 11.3. The summed E-state index contributed by atoms with van der Waals surface area (Å²) in [6.07, 6.45) is 0. The third-order valence-electron chi connectivity index (χ3n) is 1.79. The summed E-state index contributed by atoms with van der Waals surface area (Å²) in [5.74, 6) is 0. The van der Waals surface area contributed by atoms with Gasteiger partial charge in [-0.05, 0) is 56.3 Å². The number of tetrazole rings is 2. The maximum Gasteiger partial charge on any atom is 0.220 e. The van der Waals surface area contributed by atoms with E-state index in [0.717, 1.165) is 23.4 Å². The van der Waals surface area contributed by atoms with Crippen LogP contribution in [0.3, 0.4) is 0 Å². The van der Waals surface area contributed by atoms with Crippen molar-refractivity contribution in [3.05, 3.63) is 0 Å². The third kappa shape index (κ3) is 2.32. The van der Waals surface area contributed by atoms with Gasteiger partial charge in [-0.15, -0.1) is 10.2 Å². The van der Waals surface area contributed by atoms with Gasteiger partial charge >= 0.3 is 0 Å². The molecule has 2 heterocycles. The van der Waals surface area contributed by atoms with Gasteiger partial charge in [0.2, 0.25) is 10.3 Å². The van der Waals surface area contributed by atoms with Crippen LogP contribution in [0.2, 0.25) is 0 Å². The molecule has 0 atom stereocenters. The monoisotopic (exact) mass is 258 g/mol. The van der Waals surface area contributed by atoms with Crippen molar-refractivity contribution in [3.63, 3.8) is 0 Å². The lowest BCUT2D eigenvalue weighted by Crippen LogP contribution is -1.99. The number of hydrogen-bond donors (Lipinski definition) is 0. The van der Waals surface area contributed by atoms with Crippen molar-refractivity contribution in [2.75, 3.05) is 0 Å². The van der Waals surface area contributed by atoms with Gasteiger partial charge in [-0.25, -0.2) is 9.36 Å². The van der Waals surface area contributed by atoms with E-state index in [1.54, 1.807) is 9.36 Å².